The van der Waals surface area contributed by atoms with Crippen LogP contribution in [0.2, 0.25) is 0 Å². The highest BCUT2D eigenvalue weighted by atomic mass is 16.5. The predicted octanol–water partition coefficient (Wildman–Crippen LogP) is 4.65. The number of carboxylic acid groups (broad SMARTS) is 1. The maximum atomic E-state index is 13.1. The fraction of sp³-hybridized carbons (Fsp3) is 0.579. The van der Waals surface area contributed by atoms with Crippen molar-refractivity contribution in [1.82, 2.24) is 21.1 Å². The molecule has 1 heterocycles. The molecule has 6 atom stereocenters. The van der Waals surface area contributed by atoms with Crippen molar-refractivity contribution in [3.63, 3.8) is 0 Å². The summed E-state index contributed by atoms with van der Waals surface area (Å²) in [5, 5.41) is 27.9. The number of methoxy groups -OCH3 is 1. The molecule has 2 rings (SSSR count). The zero-order valence-electron chi connectivity index (χ0n) is 31.6. The lowest BCUT2D eigenvalue weighted by Crippen LogP contribution is -2.54. The van der Waals surface area contributed by atoms with Gasteiger partial charge in [-0.15, -0.1) is 12.8 Å². The molecule has 0 bridgehead atoms. The fourth-order valence-corrected chi connectivity index (χ4v) is 5.19. The van der Waals surface area contributed by atoms with Gasteiger partial charge in [0.1, 0.15) is 24.1 Å². The number of hydrogen-bond donors (Lipinski definition) is 5. The van der Waals surface area contributed by atoms with Crippen molar-refractivity contribution in [3.8, 4) is 18.6 Å². The monoisotopic (exact) mass is 715 g/mol. The fourth-order valence-electron chi connectivity index (χ4n) is 5.19. The molecular formula is C38H61N5O8. The van der Waals surface area contributed by atoms with Crippen LogP contribution in [-0.2, 0) is 30.3 Å². The second kappa shape index (κ2) is 29.4. The van der Waals surface area contributed by atoms with Gasteiger partial charge in [0.2, 0.25) is 11.8 Å². The zero-order chi connectivity index (χ0) is 39.4. The van der Waals surface area contributed by atoms with Gasteiger partial charge >= 0.3 is 5.97 Å². The van der Waals surface area contributed by atoms with Gasteiger partial charge in [0.15, 0.2) is 0 Å². The van der Waals surface area contributed by atoms with Gasteiger partial charge in [-0.25, -0.2) is 10.4 Å². The van der Waals surface area contributed by atoms with Crippen LogP contribution in [0.15, 0.2) is 53.7 Å². The number of aliphatic carboxylic acids is 1. The Morgan fingerprint density at radius 1 is 1.12 bits per heavy atom. The maximum absolute atomic E-state index is 13.1. The van der Waals surface area contributed by atoms with E-state index in [1.807, 2.05) is 45.0 Å². The van der Waals surface area contributed by atoms with Crippen LogP contribution in [0.25, 0.3) is 0 Å². The van der Waals surface area contributed by atoms with Crippen molar-refractivity contribution in [2.45, 2.75) is 97.4 Å². The Balaban J connectivity index is 0. The van der Waals surface area contributed by atoms with Crippen molar-refractivity contribution in [1.29, 1.82) is 0 Å². The van der Waals surface area contributed by atoms with Crippen LogP contribution in [0.4, 0.5) is 0 Å². The van der Waals surface area contributed by atoms with Crippen LogP contribution in [-0.4, -0.2) is 91.3 Å². The molecule has 13 nitrogen and oxygen atoms in total. The lowest BCUT2D eigenvalue weighted by molar-refractivity contribution is -0.142. The number of hydrogen-bond acceptors (Lipinski definition) is 10. The van der Waals surface area contributed by atoms with Gasteiger partial charge < -0.3 is 30.4 Å². The summed E-state index contributed by atoms with van der Waals surface area (Å²) in [6.45, 7) is 10.6. The number of benzene rings is 1. The van der Waals surface area contributed by atoms with Gasteiger partial charge in [-0.1, -0.05) is 82.7 Å². The zero-order valence-corrected chi connectivity index (χ0v) is 31.6. The number of hydrazine groups is 1. The van der Waals surface area contributed by atoms with E-state index in [1.165, 1.54) is 7.05 Å². The van der Waals surface area contributed by atoms with Gasteiger partial charge in [0.25, 0.3) is 0 Å². The van der Waals surface area contributed by atoms with Crippen LogP contribution >= 0.6 is 0 Å². The first-order valence-corrected chi connectivity index (χ1v) is 17.2. The second-order valence-electron chi connectivity index (χ2n) is 12.5. The summed E-state index contributed by atoms with van der Waals surface area (Å²) in [4.78, 5) is 56.7. The van der Waals surface area contributed by atoms with E-state index in [9.17, 15) is 24.3 Å². The first kappa shape index (κ1) is 48.7. The van der Waals surface area contributed by atoms with E-state index in [2.05, 4.69) is 53.2 Å². The Morgan fingerprint density at radius 2 is 1.75 bits per heavy atom. The summed E-state index contributed by atoms with van der Waals surface area (Å²) in [5.74, 6) is -1.93. The Labute approximate surface area is 304 Å². The molecule has 0 spiro atoms. The second-order valence-corrected chi connectivity index (χ2v) is 12.5. The summed E-state index contributed by atoms with van der Waals surface area (Å²) in [7, 11) is 4.65. The van der Waals surface area contributed by atoms with Crippen molar-refractivity contribution >= 4 is 24.1 Å². The topological polar surface area (TPSA) is 187 Å². The van der Waals surface area contributed by atoms with E-state index in [0.29, 0.717) is 6.29 Å². The van der Waals surface area contributed by atoms with Crippen molar-refractivity contribution in [3.05, 3.63) is 59.0 Å². The van der Waals surface area contributed by atoms with E-state index in [4.69, 9.17) is 14.8 Å². The molecular weight excluding hydrogens is 654 g/mol. The number of rotatable bonds is 17. The van der Waals surface area contributed by atoms with Gasteiger partial charge in [-0.05, 0) is 61.6 Å². The molecule has 1 aliphatic heterocycles. The molecule has 0 aliphatic carbocycles. The Hall–Kier alpha value is -4.38. The lowest BCUT2D eigenvalue weighted by atomic mass is 9.89. The van der Waals surface area contributed by atoms with Gasteiger partial charge in [0, 0.05) is 20.7 Å². The Bertz CT molecular complexity index is 1240. The number of nitroso groups, excluding NO2 is 1. The first-order valence-electron chi connectivity index (χ1n) is 17.2. The number of aldehydes is 1. The van der Waals surface area contributed by atoms with Crippen LogP contribution in [0.3, 0.4) is 0 Å². The third kappa shape index (κ3) is 21.4. The molecule has 1 unspecified atom stereocenters. The van der Waals surface area contributed by atoms with Gasteiger partial charge in [0.05, 0.1) is 25.1 Å². The van der Waals surface area contributed by atoms with Crippen molar-refractivity contribution in [2.24, 2.45) is 22.9 Å². The molecule has 0 saturated carbocycles. The highest BCUT2D eigenvalue weighted by Crippen LogP contribution is 2.21. The van der Waals surface area contributed by atoms with E-state index < -0.39 is 29.9 Å². The van der Waals surface area contributed by atoms with Crippen LogP contribution in [0.1, 0.15) is 72.3 Å². The van der Waals surface area contributed by atoms with Crippen LogP contribution < -0.4 is 16.1 Å². The smallest absolute Gasteiger partial charge is 0.322 e. The normalized spacial score (nSPS) is 17.1. The minimum atomic E-state index is -0.803. The van der Waals surface area contributed by atoms with E-state index >= 15 is 0 Å². The molecule has 1 fully saturated rings. The predicted molar refractivity (Wildman–Crippen MR) is 202 cm³/mol. The summed E-state index contributed by atoms with van der Waals surface area (Å²) >= 11 is 0. The molecule has 0 radical (unpaired) electrons. The number of terminal acetylenes is 1. The summed E-state index contributed by atoms with van der Waals surface area (Å²) in [6.07, 6.45) is 21.4. The van der Waals surface area contributed by atoms with Gasteiger partial charge in [-0.3, -0.25) is 14.4 Å². The van der Waals surface area contributed by atoms with E-state index in [1.54, 1.807) is 38.3 Å². The van der Waals surface area contributed by atoms with Crippen molar-refractivity contribution < 1.29 is 34.1 Å². The van der Waals surface area contributed by atoms with E-state index in [-0.39, 0.29) is 42.1 Å². The first-order chi connectivity index (χ1) is 24.2. The average molecular weight is 716 g/mol. The third-order valence-electron chi connectivity index (χ3n) is 7.85. The number of ether oxygens (including phenoxy) is 1. The molecule has 286 valence electrons. The largest absolute Gasteiger partial charge is 0.508 e. The highest BCUT2D eigenvalue weighted by molar-refractivity contribution is 5.90. The summed E-state index contributed by atoms with van der Waals surface area (Å²) in [5.41, 5.74) is 3.57. The molecule has 1 aromatic rings. The number of carbonyl (C=O) groups is 4. The molecule has 1 aliphatic rings. The Kier molecular flexibility index (Phi) is 28.1. The van der Waals surface area contributed by atoms with Crippen LogP contribution in [0, 0.1) is 35.5 Å². The molecule has 0 aromatic heterocycles. The number of amides is 2. The number of carboxylic acids is 1. The lowest BCUT2D eigenvalue weighted by Gasteiger charge is -2.30. The maximum Gasteiger partial charge on any atom is 0.322 e. The SMILES string of the molecule is C#C.CCC/C=C/C=C/C[C@H](C)[C@@H](OC)[C@@H](C)C(=O)NC(C(=O)N[C@H](C=O)Cc1cccc(O)c1)C(C)C.CN1CCC[C@@H](C(=O)O)N1.CN=O. The Morgan fingerprint density at radius 3 is 2.24 bits per heavy atom. The summed E-state index contributed by atoms with van der Waals surface area (Å²) < 4.78 is 5.67. The molecule has 1 saturated heterocycles. The third-order valence-corrected chi connectivity index (χ3v) is 7.85. The molecule has 2 amide bonds. The van der Waals surface area contributed by atoms with E-state index in [0.717, 1.165) is 44.2 Å². The average Bonchev–Trinajstić information content (AvgIpc) is 3.09. The molecule has 13 heteroatoms. The number of allylic oxidation sites excluding steroid dienone is 4. The van der Waals surface area contributed by atoms with Gasteiger partial charge in [-0.2, -0.15) is 4.91 Å². The standard InChI is InChI=1S/C29H44N2O5.C6H12N2O2.C2H2.CH3NO/c1-7-8-9-10-11-12-14-21(4)27(36-6)22(5)28(34)31-26(20(2)3)29(35)30-24(19-32)17-23-15-13-16-25(33)18-23;1-8-4-2-3-5(7-8)6(9)10;1-2;1-2-3/h9-13,15-16,18-22,24,26-27,33H,7-8,14,17H2,1-6H3,(H,30,35)(H,31,34);5,7H,2-4H2,1H3,(H,9,10);1-2H;1H3/b10-9+,12-11+;;;/t21-,22+,24-,26?,27+;5-;;/m00../s1. The molecule has 5 N–H and O–H groups in total. The molecule has 1 aromatic carbocycles. The minimum Gasteiger partial charge on any atom is -0.508 e. The number of nitrogens with zero attached hydrogens (tertiary/aromatic N) is 2. The number of phenols is 1. The number of unbranched alkanes of at least 4 members (excludes halogenated alkanes) is 1. The van der Waals surface area contributed by atoms with Crippen molar-refractivity contribution in [2.75, 3.05) is 27.7 Å². The summed E-state index contributed by atoms with van der Waals surface area (Å²) in [6, 6.07) is 4.59. The quantitative estimate of drug-likeness (QED) is 0.0658. The highest BCUT2D eigenvalue weighted by Gasteiger charge is 2.32. The van der Waals surface area contributed by atoms with Crippen LogP contribution in [0.5, 0.6) is 5.75 Å². The number of carbonyl (C=O) groups excluding carboxylic acids is 3. The number of nitrogens with one attached hydrogen (secondary N) is 3. The molecule has 51 heavy (non-hydrogen) atoms. The number of phenolic OH excluding ortho intramolecular Hbond substituents is 1. The minimum absolute atomic E-state index is 0.0927. The number of aromatic hydroxyl groups is 1.